The summed E-state index contributed by atoms with van der Waals surface area (Å²) in [5, 5.41) is 17.7. The quantitative estimate of drug-likeness (QED) is 0.209. The number of benzene rings is 3. The van der Waals surface area contributed by atoms with Gasteiger partial charge in [0.25, 0.3) is 5.91 Å². The Morgan fingerprint density at radius 3 is 2.39 bits per heavy atom. The van der Waals surface area contributed by atoms with E-state index in [0.717, 1.165) is 60.3 Å². The van der Waals surface area contributed by atoms with Gasteiger partial charge in [0.15, 0.2) is 0 Å². The number of carbonyl (C=O) groups is 4. The van der Waals surface area contributed by atoms with Crippen molar-refractivity contribution in [1.29, 1.82) is 0 Å². The van der Waals surface area contributed by atoms with Crippen molar-refractivity contribution in [2.45, 2.75) is 50.9 Å². The number of nitrogens with zero attached hydrogens (tertiary/aromatic N) is 7. The molecule has 13 heteroatoms. The molecule has 0 unspecified atom stereocenters. The summed E-state index contributed by atoms with van der Waals surface area (Å²) in [5.41, 5.74) is 4.20. The molecule has 4 fully saturated rings. The lowest BCUT2D eigenvalue weighted by molar-refractivity contribution is -0.205. The Balaban J connectivity index is 1.07. The Labute approximate surface area is 346 Å². The number of piperidine rings is 1. The zero-order valence-corrected chi connectivity index (χ0v) is 34.0. The standard InChI is InChI=1S/C46H56N8O5/c1-3-22-52-32-43(57)53-40(27-34-12-15-37(55)16-13-34)46(59)51(31-41(53)54(52)42(56)17-14-33-8-5-4-6-9-33)29-36-10-7-11-38-39(30-48(2)44(36)38)45(58)50-25-23-49(24-26-50)28-35-18-20-47-21-19-35/h3-13,15-16,30,35,40-41,47,55H,1,14,17-29,31-32H2,2H3/t40-,41-/m0/s1. The minimum Gasteiger partial charge on any atom is -0.508 e. The summed E-state index contributed by atoms with van der Waals surface area (Å²) in [6, 6.07) is 21.5. The van der Waals surface area contributed by atoms with Crippen LogP contribution in [0.3, 0.4) is 0 Å². The second kappa shape index (κ2) is 17.8. The normalized spacial score (nSPS) is 21.0. The van der Waals surface area contributed by atoms with Crippen molar-refractivity contribution in [3.63, 3.8) is 0 Å². The lowest BCUT2D eigenvalue weighted by Gasteiger charge is -2.55. The Morgan fingerprint density at radius 2 is 1.66 bits per heavy atom. The maximum atomic E-state index is 14.8. The van der Waals surface area contributed by atoms with Gasteiger partial charge in [0, 0.05) is 77.3 Å². The van der Waals surface area contributed by atoms with Gasteiger partial charge in [-0.25, -0.2) is 10.0 Å². The van der Waals surface area contributed by atoms with Gasteiger partial charge in [0.2, 0.25) is 17.7 Å². The number of phenolic OH excluding ortho intramolecular Hbond substituents is 1. The lowest BCUT2D eigenvalue weighted by Crippen LogP contribution is -2.75. The first-order valence-electron chi connectivity index (χ1n) is 21.1. The predicted octanol–water partition coefficient (Wildman–Crippen LogP) is 3.63. The van der Waals surface area contributed by atoms with E-state index in [0.29, 0.717) is 31.0 Å². The van der Waals surface area contributed by atoms with Crippen molar-refractivity contribution < 1.29 is 24.3 Å². The predicted molar refractivity (Wildman–Crippen MR) is 226 cm³/mol. The number of aromatic hydroxyl groups is 1. The number of amides is 4. The molecule has 4 saturated heterocycles. The second-order valence-electron chi connectivity index (χ2n) is 16.5. The molecule has 2 atom stereocenters. The number of aryl methyl sites for hydroxylation is 2. The molecule has 4 aliphatic rings. The van der Waals surface area contributed by atoms with Crippen LogP contribution in [0.5, 0.6) is 5.75 Å². The van der Waals surface area contributed by atoms with Crippen LogP contribution < -0.4 is 5.32 Å². The molecule has 5 heterocycles. The highest BCUT2D eigenvalue weighted by Gasteiger charge is 2.51. The first-order chi connectivity index (χ1) is 28.7. The Bertz CT molecular complexity index is 2160. The third-order valence-corrected chi connectivity index (χ3v) is 12.6. The van der Waals surface area contributed by atoms with Crippen molar-refractivity contribution in [3.05, 3.63) is 114 Å². The van der Waals surface area contributed by atoms with Gasteiger partial charge in [0.05, 0.1) is 24.2 Å². The van der Waals surface area contributed by atoms with E-state index in [1.807, 2.05) is 71.2 Å². The average molecular weight is 801 g/mol. The summed E-state index contributed by atoms with van der Waals surface area (Å²) in [7, 11) is 1.94. The molecule has 2 N–H and O–H groups in total. The van der Waals surface area contributed by atoms with E-state index < -0.39 is 12.2 Å². The minimum atomic E-state index is -0.890. The Morgan fingerprint density at radius 1 is 0.915 bits per heavy atom. The highest BCUT2D eigenvalue weighted by molar-refractivity contribution is 6.07. The van der Waals surface area contributed by atoms with Gasteiger partial charge in [-0.05, 0) is 67.1 Å². The van der Waals surface area contributed by atoms with Gasteiger partial charge in [-0.3, -0.25) is 24.1 Å². The number of nitrogens with one attached hydrogen (secondary N) is 1. The Kier molecular flexibility index (Phi) is 12.1. The zero-order chi connectivity index (χ0) is 41.0. The van der Waals surface area contributed by atoms with Gasteiger partial charge >= 0.3 is 0 Å². The molecule has 4 aliphatic heterocycles. The SMILES string of the molecule is C=CCN1CC(=O)N2[C@@H](Cc3ccc(O)cc3)C(=O)N(Cc3cccc4c(C(=O)N5CCN(CC6CCNCC6)CC5)cn(C)c34)C[C@@H]2N1C(=O)CCc1ccccc1. The molecule has 59 heavy (non-hydrogen) atoms. The molecule has 0 aliphatic carbocycles. The number of rotatable bonds is 12. The van der Waals surface area contributed by atoms with E-state index in [-0.39, 0.29) is 68.4 Å². The van der Waals surface area contributed by atoms with Crippen molar-refractivity contribution in [1.82, 2.24) is 39.5 Å². The molecular weight excluding hydrogens is 745 g/mol. The van der Waals surface area contributed by atoms with E-state index in [2.05, 4.69) is 16.8 Å². The van der Waals surface area contributed by atoms with Crippen LogP contribution in [0.25, 0.3) is 10.9 Å². The second-order valence-corrected chi connectivity index (χ2v) is 16.5. The van der Waals surface area contributed by atoms with Gasteiger partial charge in [-0.2, -0.15) is 0 Å². The number of phenols is 1. The van der Waals surface area contributed by atoms with Gasteiger partial charge in [0.1, 0.15) is 18.0 Å². The highest BCUT2D eigenvalue weighted by atomic mass is 16.3. The molecular formula is C46H56N8O5. The van der Waals surface area contributed by atoms with Crippen molar-refractivity contribution in [2.75, 3.05) is 65.4 Å². The molecule has 0 spiro atoms. The van der Waals surface area contributed by atoms with E-state index in [1.54, 1.807) is 50.2 Å². The molecule has 4 aromatic rings. The maximum Gasteiger partial charge on any atom is 0.256 e. The third-order valence-electron chi connectivity index (χ3n) is 12.6. The molecule has 8 rings (SSSR count). The van der Waals surface area contributed by atoms with Gasteiger partial charge in [-0.15, -0.1) is 6.58 Å². The number of aromatic nitrogens is 1. The largest absolute Gasteiger partial charge is 0.508 e. The summed E-state index contributed by atoms with van der Waals surface area (Å²) in [6.45, 7) is 10.8. The van der Waals surface area contributed by atoms with E-state index >= 15 is 0 Å². The van der Waals surface area contributed by atoms with Crippen LogP contribution in [-0.4, -0.2) is 141 Å². The molecule has 0 bridgehead atoms. The fourth-order valence-corrected chi connectivity index (χ4v) is 9.56. The number of carbonyl (C=O) groups excluding carboxylic acids is 4. The highest BCUT2D eigenvalue weighted by Crippen LogP contribution is 2.32. The van der Waals surface area contributed by atoms with Gasteiger partial charge in [-0.1, -0.05) is 66.7 Å². The molecule has 3 aromatic carbocycles. The van der Waals surface area contributed by atoms with Crippen LogP contribution in [0.15, 0.2) is 91.6 Å². The molecule has 1 aromatic heterocycles. The number of hydrogen-bond donors (Lipinski definition) is 2. The molecule has 4 amide bonds. The van der Waals surface area contributed by atoms with E-state index in [1.165, 1.54) is 12.8 Å². The van der Waals surface area contributed by atoms with Crippen LogP contribution in [0.1, 0.15) is 46.3 Å². The average Bonchev–Trinajstić information content (AvgIpc) is 3.59. The van der Waals surface area contributed by atoms with Crippen LogP contribution in [0, 0.1) is 5.92 Å². The Hall–Kier alpha value is -5.50. The van der Waals surface area contributed by atoms with Crippen LogP contribution in [-0.2, 0) is 40.8 Å². The summed E-state index contributed by atoms with van der Waals surface area (Å²) in [4.78, 5) is 65.2. The van der Waals surface area contributed by atoms with Crippen LogP contribution >= 0.6 is 0 Å². The number of fused-ring (bicyclic) bond motifs is 2. The summed E-state index contributed by atoms with van der Waals surface area (Å²) in [6.07, 6.45) is 6.21. The van der Waals surface area contributed by atoms with Crippen LogP contribution in [0.4, 0.5) is 0 Å². The first kappa shape index (κ1) is 40.3. The maximum absolute atomic E-state index is 14.8. The molecule has 0 radical (unpaired) electrons. The monoisotopic (exact) mass is 800 g/mol. The third kappa shape index (κ3) is 8.64. The van der Waals surface area contributed by atoms with Crippen LogP contribution in [0.2, 0.25) is 0 Å². The first-order valence-corrected chi connectivity index (χ1v) is 21.1. The van der Waals surface area contributed by atoms with Crippen molar-refractivity contribution in [2.24, 2.45) is 13.0 Å². The van der Waals surface area contributed by atoms with E-state index in [4.69, 9.17) is 0 Å². The smallest absolute Gasteiger partial charge is 0.256 e. The number of piperazine rings is 2. The fourth-order valence-electron chi connectivity index (χ4n) is 9.56. The number of para-hydroxylation sites is 1. The van der Waals surface area contributed by atoms with Crippen molar-refractivity contribution in [3.8, 4) is 5.75 Å². The fraction of sp³-hybridized carbons (Fsp3) is 0.435. The topological polar surface area (TPSA) is 125 Å². The molecule has 13 nitrogen and oxygen atoms in total. The number of hydrazine groups is 1. The number of hydrogen-bond acceptors (Lipinski definition) is 8. The van der Waals surface area contributed by atoms with Crippen molar-refractivity contribution >= 4 is 34.5 Å². The lowest BCUT2D eigenvalue weighted by atomic mass is 9.97. The summed E-state index contributed by atoms with van der Waals surface area (Å²) < 4.78 is 1.98. The minimum absolute atomic E-state index is 0.0144. The molecule has 310 valence electrons. The van der Waals surface area contributed by atoms with E-state index in [9.17, 15) is 24.3 Å². The summed E-state index contributed by atoms with van der Waals surface area (Å²) in [5.74, 6) is 0.231. The molecule has 0 saturated carbocycles. The zero-order valence-electron chi connectivity index (χ0n) is 34.0. The summed E-state index contributed by atoms with van der Waals surface area (Å²) >= 11 is 0. The van der Waals surface area contributed by atoms with Gasteiger partial charge < -0.3 is 29.7 Å².